The van der Waals surface area contributed by atoms with Gasteiger partial charge in [-0.15, -0.1) is 0 Å². The molecule has 1 aliphatic heterocycles. The summed E-state index contributed by atoms with van der Waals surface area (Å²) in [6.07, 6.45) is -7.69. The van der Waals surface area contributed by atoms with Crippen molar-refractivity contribution < 1.29 is 62.6 Å². The van der Waals surface area contributed by atoms with Crippen LogP contribution in [0, 0.1) is 16.7 Å². The van der Waals surface area contributed by atoms with Gasteiger partial charge in [0.25, 0.3) is 0 Å². The summed E-state index contributed by atoms with van der Waals surface area (Å²) in [6, 6.07) is 8.11. The maximum atomic E-state index is 14.1. The van der Waals surface area contributed by atoms with Gasteiger partial charge < -0.3 is 38.6 Å². The molecule has 0 bridgehead atoms. The Morgan fingerprint density at radius 1 is 0.854 bits per heavy atom. The van der Waals surface area contributed by atoms with Gasteiger partial charge >= 0.3 is 29.8 Å². The lowest BCUT2D eigenvalue weighted by Gasteiger charge is -2.64. The number of aliphatic hydroxyl groups is 2. The minimum Gasteiger partial charge on any atom is -0.462 e. The molecule has 2 saturated carbocycles. The van der Waals surface area contributed by atoms with Gasteiger partial charge in [-0.1, -0.05) is 25.1 Å². The number of benzene rings is 1. The first-order chi connectivity index (χ1) is 22.3. The summed E-state index contributed by atoms with van der Waals surface area (Å²) < 4.78 is 36.1. The Bertz CT molecular complexity index is 1530. The topological polar surface area (TPSA) is 181 Å². The second kappa shape index (κ2) is 12.3. The van der Waals surface area contributed by atoms with E-state index in [0.29, 0.717) is 5.57 Å². The number of fused-ring (bicyclic) bond motifs is 4. The van der Waals surface area contributed by atoms with Crippen LogP contribution >= 0.6 is 0 Å². The molecule has 262 valence electrons. The van der Waals surface area contributed by atoms with Crippen LogP contribution in [0.25, 0.3) is 0 Å². The summed E-state index contributed by atoms with van der Waals surface area (Å²) >= 11 is 0. The predicted molar refractivity (Wildman–Crippen MR) is 165 cm³/mol. The quantitative estimate of drug-likeness (QED) is 0.245. The molecular formula is C35H44O13. The lowest BCUT2D eigenvalue weighted by atomic mass is 9.49. The summed E-state index contributed by atoms with van der Waals surface area (Å²) in [5.41, 5.74) is -6.29. The molecule has 0 radical (unpaired) electrons. The first-order valence-electron chi connectivity index (χ1n) is 16.0. The Morgan fingerprint density at radius 3 is 1.94 bits per heavy atom. The number of rotatable bonds is 7. The first-order valence-corrected chi connectivity index (χ1v) is 16.0. The van der Waals surface area contributed by atoms with E-state index in [1.54, 1.807) is 44.2 Å². The van der Waals surface area contributed by atoms with Gasteiger partial charge in [-0.25, -0.2) is 4.79 Å². The van der Waals surface area contributed by atoms with E-state index < -0.39 is 94.4 Å². The molecular weight excluding hydrogens is 628 g/mol. The second-order valence-corrected chi connectivity index (χ2v) is 14.1. The lowest BCUT2D eigenvalue weighted by Crippen LogP contribution is -2.78. The van der Waals surface area contributed by atoms with Crippen molar-refractivity contribution in [2.75, 3.05) is 6.61 Å². The molecule has 5 rings (SSSR count). The minimum atomic E-state index is -1.85. The van der Waals surface area contributed by atoms with E-state index in [2.05, 4.69) is 0 Å². The van der Waals surface area contributed by atoms with Crippen molar-refractivity contribution in [1.29, 1.82) is 0 Å². The Hall–Kier alpha value is -3.81. The van der Waals surface area contributed by atoms with E-state index in [0.717, 1.165) is 13.8 Å². The van der Waals surface area contributed by atoms with Crippen molar-refractivity contribution in [2.24, 2.45) is 16.7 Å². The molecule has 1 aromatic carbocycles. The highest BCUT2D eigenvalue weighted by Gasteiger charge is 2.79. The van der Waals surface area contributed by atoms with Gasteiger partial charge in [-0.05, 0) is 44.1 Å². The number of carbonyl (C=O) groups excluding carboxylic acids is 5. The molecule has 3 aliphatic carbocycles. The molecule has 1 saturated heterocycles. The van der Waals surface area contributed by atoms with Crippen LogP contribution in [0.15, 0.2) is 41.5 Å². The lowest BCUT2D eigenvalue weighted by molar-refractivity contribution is -0.350. The first kappa shape index (κ1) is 35.5. The molecule has 13 heteroatoms. The molecule has 1 heterocycles. The highest BCUT2D eigenvalue weighted by atomic mass is 16.6. The zero-order valence-electron chi connectivity index (χ0n) is 28.4. The van der Waals surface area contributed by atoms with Gasteiger partial charge in [0.15, 0.2) is 12.2 Å². The van der Waals surface area contributed by atoms with Crippen molar-refractivity contribution in [2.45, 2.75) is 116 Å². The molecule has 1 aromatic rings. The van der Waals surface area contributed by atoms with E-state index in [1.807, 2.05) is 0 Å². The SMILES string of the molecule is CC(=O)O[C@H]1C[C@]2(C(C)(C)O)C(=C1C)[C@@H](OC(C)=O)[C@H](OC(C)=O)[C@@]1(C)C(C2OC(=O)c2ccccc2)[C@]2(O)CO[C@@H]2C[C@@H]1OC(C)=O. The highest BCUT2D eigenvalue weighted by Crippen LogP contribution is 2.68. The van der Waals surface area contributed by atoms with Crippen LogP contribution in [-0.4, -0.2) is 94.5 Å². The van der Waals surface area contributed by atoms with Gasteiger partial charge in [0.1, 0.15) is 23.9 Å². The molecule has 0 amide bonds. The molecule has 0 aromatic heterocycles. The molecule has 0 spiro atoms. The molecule has 48 heavy (non-hydrogen) atoms. The second-order valence-electron chi connectivity index (χ2n) is 14.1. The summed E-state index contributed by atoms with van der Waals surface area (Å²) in [7, 11) is 0. The van der Waals surface area contributed by atoms with Gasteiger partial charge in [0.2, 0.25) is 0 Å². The number of hydrogen-bond donors (Lipinski definition) is 2. The number of esters is 5. The molecule has 10 atom stereocenters. The predicted octanol–water partition coefficient (Wildman–Crippen LogP) is 2.59. The third kappa shape index (κ3) is 5.49. The summed E-state index contributed by atoms with van der Waals surface area (Å²) in [5.74, 6) is -4.96. The number of hydrogen-bond acceptors (Lipinski definition) is 13. The maximum absolute atomic E-state index is 14.1. The van der Waals surface area contributed by atoms with E-state index in [9.17, 15) is 34.2 Å². The van der Waals surface area contributed by atoms with Crippen LogP contribution in [0.2, 0.25) is 0 Å². The Balaban J connectivity index is 1.93. The van der Waals surface area contributed by atoms with Crippen LogP contribution in [-0.2, 0) is 47.6 Å². The largest absolute Gasteiger partial charge is 0.462 e. The van der Waals surface area contributed by atoms with Crippen molar-refractivity contribution >= 4 is 29.8 Å². The summed E-state index contributed by atoms with van der Waals surface area (Å²) in [4.78, 5) is 65.1. The molecule has 13 nitrogen and oxygen atoms in total. The average Bonchev–Trinajstić information content (AvgIpc) is 3.23. The van der Waals surface area contributed by atoms with E-state index in [4.69, 9.17) is 28.4 Å². The van der Waals surface area contributed by atoms with Gasteiger partial charge in [-0.2, -0.15) is 0 Å². The van der Waals surface area contributed by atoms with Crippen LogP contribution in [0.1, 0.15) is 78.6 Å². The normalized spacial score (nSPS) is 37.0. The fourth-order valence-electron chi connectivity index (χ4n) is 8.89. The average molecular weight is 673 g/mol. The molecule has 2 unspecified atom stereocenters. The fourth-order valence-corrected chi connectivity index (χ4v) is 8.89. The monoisotopic (exact) mass is 672 g/mol. The number of carbonyl (C=O) groups is 5. The van der Waals surface area contributed by atoms with Crippen LogP contribution in [0.5, 0.6) is 0 Å². The molecule has 2 N–H and O–H groups in total. The van der Waals surface area contributed by atoms with Gasteiger partial charge in [0, 0.05) is 46.5 Å². The van der Waals surface area contributed by atoms with E-state index >= 15 is 0 Å². The Labute approximate surface area is 278 Å². The van der Waals surface area contributed by atoms with Gasteiger partial charge in [0.05, 0.1) is 34.7 Å². The van der Waals surface area contributed by atoms with Crippen LogP contribution in [0.3, 0.4) is 0 Å². The summed E-state index contributed by atoms with van der Waals surface area (Å²) in [6.45, 7) is 10.8. The Morgan fingerprint density at radius 2 is 1.44 bits per heavy atom. The molecule has 4 aliphatic rings. The highest BCUT2D eigenvalue weighted by molar-refractivity contribution is 5.89. The Kier molecular flexibility index (Phi) is 9.07. The maximum Gasteiger partial charge on any atom is 0.338 e. The van der Waals surface area contributed by atoms with Crippen molar-refractivity contribution in [1.82, 2.24) is 0 Å². The molecule has 3 fully saturated rings. The van der Waals surface area contributed by atoms with Crippen molar-refractivity contribution in [3.05, 3.63) is 47.0 Å². The zero-order chi connectivity index (χ0) is 35.6. The zero-order valence-corrected chi connectivity index (χ0v) is 28.4. The van der Waals surface area contributed by atoms with Crippen molar-refractivity contribution in [3.63, 3.8) is 0 Å². The minimum absolute atomic E-state index is 0.0311. The third-order valence-corrected chi connectivity index (χ3v) is 10.8. The van der Waals surface area contributed by atoms with E-state index in [1.165, 1.54) is 27.7 Å². The van der Waals surface area contributed by atoms with Crippen LogP contribution < -0.4 is 0 Å². The smallest absolute Gasteiger partial charge is 0.338 e. The summed E-state index contributed by atoms with van der Waals surface area (Å²) in [5, 5.41) is 25.0. The number of ether oxygens (including phenoxy) is 6. The standard InChI is InChI=1S/C35H44O13/c1-17-23(44-18(2)36)15-34(32(6,7)41)26(17)27(46-20(4)38)29(47-21(5)39)33(8)24(45-19(3)37)14-25-35(42,16-43-25)28(33)30(34)48-31(40)22-12-10-9-11-13-22/h9-13,23-25,27-30,41-42H,14-16H2,1-8H3/t23-,24-,25+,27+,28?,29-,30?,33+,34-,35-/m0/s1. The fraction of sp³-hybridized carbons (Fsp3) is 0.629. The third-order valence-electron chi connectivity index (χ3n) is 10.8. The van der Waals surface area contributed by atoms with Crippen LogP contribution in [0.4, 0.5) is 0 Å². The van der Waals surface area contributed by atoms with E-state index in [-0.39, 0.29) is 30.6 Å². The van der Waals surface area contributed by atoms with Crippen molar-refractivity contribution in [3.8, 4) is 0 Å². The van der Waals surface area contributed by atoms with Gasteiger partial charge in [-0.3, -0.25) is 19.2 Å².